The number of likely N-dealkylation sites (N-methyl/N-ethyl adjacent to an activating group) is 1. The van der Waals surface area contributed by atoms with Gasteiger partial charge in [-0.1, -0.05) is 44.9 Å². The number of likely N-dealkylation sites (tertiary alicyclic amines) is 1. The molecule has 6 nitrogen and oxygen atoms in total. The van der Waals surface area contributed by atoms with Gasteiger partial charge < -0.3 is 19.1 Å². The summed E-state index contributed by atoms with van der Waals surface area (Å²) in [5.74, 6) is 3.15. The average molecular weight is 469 g/mol. The third-order valence-electron chi connectivity index (χ3n) is 6.66. The van der Waals surface area contributed by atoms with Crippen molar-refractivity contribution in [3.8, 4) is 17.2 Å². The first-order chi connectivity index (χ1) is 16.6. The zero-order valence-corrected chi connectivity index (χ0v) is 21.2. The fourth-order valence-electron chi connectivity index (χ4n) is 4.56. The Balaban J connectivity index is 0.000000252. The van der Waals surface area contributed by atoms with Crippen molar-refractivity contribution < 1.29 is 19.0 Å². The van der Waals surface area contributed by atoms with Crippen LogP contribution in [0.25, 0.3) is 0 Å². The van der Waals surface area contributed by atoms with Gasteiger partial charge in [-0.2, -0.15) is 0 Å². The quantitative estimate of drug-likeness (QED) is 0.423. The summed E-state index contributed by atoms with van der Waals surface area (Å²) in [5, 5.41) is 0. The van der Waals surface area contributed by atoms with Gasteiger partial charge in [0.25, 0.3) is 0 Å². The minimum absolute atomic E-state index is 0.331. The Morgan fingerprint density at radius 1 is 1.00 bits per heavy atom. The number of hydrogen-bond acceptors (Lipinski definition) is 5. The number of carbonyl (C=O) groups excluding carboxylic acids is 1. The minimum Gasteiger partial charge on any atom is -0.497 e. The van der Waals surface area contributed by atoms with E-state index in [1.165, 1.54) is 11.1 Å². The molecule has 0 spiro atoms. The standard InChI is InChI=1S/C19H21NO3.C9H19NO/c1-20-11-15(14-5-8-18-19(10-14)23-12-22-18)9-17(20)13-3-6-16(21-2)7-4-13;1-3-5-7-10(9-11)8-6-4-2/h3-8,10,15,17H,9,11-12H2,1-2H3;9H,3-8H2,1-2H3/t15-,17-;/m1./s1. The molecule has 2 aliphatic heterocycles. The van der Waals surface area contributed by atoms with Gasteiger partial charge in [-0.3, -0.25) is 9.69 Å². The highest BCUT2D eigenvalue weighted by Gasteiger charge is 2.32. The number of carbonyl (C=O) groups is 1. The van der Waals surface area contributed by atoms with Crippen molar-refractivity contribution in [3.63, 3.8) is 0 Å². The summed E-state index contributed by atoms with van der Waals surface area (Å²) in [5.41, 5.74) is 2.67. The van der Waals surface area contributed by atoms with Crippen molar-refractivity contribution in [2.45, 2.75) is 57.9 Å². The second-order valence-corrected chi connectivity index (χ2v) is 9.12. The van der Waals surface area contributed by atoms with Crippen molar-refractivity contribution in [1.29, 1.82) is 0 Å². The Morgan fingerprint density at radius 2 is 1.65 bits per heavy atom. The molecule has 1 fully saturated rings. The van der Waals surface area contributed by atoms with Crippen LogP contribution < -0.4 is 14.2 Å². The Kier molecular flexibility index (Phi) is 10.1. The second-order valence-electron chi connectivity index (χ2n) is 9.12. The highest BCUT2D eigenvalue weighted by atomic mass is 16.7. The highest BCUT2D eigenvalue weighted by molar-refractivity contribution is 5.47. The van der Waals surface area contributed by atoms with Gasteiger partial charge >= 0.3 is 0 Å². The average Bonchev–Trinajstić information content (AvgIpc) is 3.50. The first-order valence-electron chi connectivity index (χ1n) is 12.5. The summed E-state index contributed by atoms with van der Waals surface area (Å²) < 4.78 is 16.2. The normalized spacial score (nSPS) is 18.8. The fourth-order valence-corrected chi connectivity index (χ4v) is 4.56. The molecule has 0 bridgehead atoms. The lowest BCUT2D eigenvalue weighted by molar-refractivity contribution is -0.118. The molecular formula is C28H40N2O4. The van der Waals surface area contributed by atoms with Gasteiger partial charge in [0.1, 0.15) is 5.75 Å². The van der Waals surface area contributed by atoms with Crippen molar-refractivity contribution in [3.05, 3.63) is 53.6 Å². The van der Waals surface area contributed by atoms with E-state index in [0.717, 1.165) is 75.4 Å². The molecule has 0 N–H and O–H groups in total. The first kappa shape index (κ1) is 25.9. The van der Waals surface area contributed by atoms with Crippen molar-refractivity contribution in [1.82, 2.24) is 9.80 Å². The van der Waals surface area contributed by atoms with E-state index in [2.05, 4.69) is 50.1 Å². The van der Waals surface area contributed by atoms with Crippen LogP contribution in [-0.4, -0.2) is 56.8 Å². The lowest BCUT2D eigenvalue weighted by Gasteiger charge is -2.19. The van der Waals surface area contributed by atoms with Crippen LogP contribution in [0.15, 0.2) is 42.5 Å². The maximum Gasteiger partial charge on any atom is 0.231 e. The van der Waals surface area contributed by atoms with Crippen molar-refractivity contribution in [2.24, 2.45) is 0 Å². The third-order valence-corrected chi connectivity index (χ3v) is 6.66. The number of methoxy groups -OCH3 is 1. The molecule has 0 aromatic heterocycles. The molecule has 0 radical (unpaired) electrons. The maximum atomic E-state index is 10.4. The molecule has 2 heterocycles. The van der Waals surface area contributed by atoms with Crippen LogP contribution in [0.1, 0.15) is 69.0 Å². The van der Waals surface area contributed by atoms with Crippen molar-refractivity contribution >= 4 is 6.41 Å². The van der Waals surface area contributed by atoms with E-state index in [0.29, 0.717) is 18.8 Å². The summed E-state index contributed by atoms with van der Waals surface area (Å²) in [4.78, 5) is 14.7. The Bertz CT molecular complexity index is 878. The molecule has 34 heavy (non-hydrogen) atoms. The number of fused-ring (bicyclic) bond motifs is 1. The van der Waals surface area contributed by atoms with Gasteiger partial charge in [0, 0.05) is 25.7 Å². The number of amides is 1. The molecule has 0 unspecified atom stereocenters. The summed E-state index contributed by atoms with van der Waals surface area (Å²) >= 11 is 0. The molecule has 1 saturated heterocycles. The maximum absolute atomic E-state index is 10.4. The van der Waals surface area contributed by atoms with Crippen LogP contribution in [0.2, 0.25) is 0 Å². The van der Waals surface area contributed by atoms with E-state index in [9.17, 15) is 4.79 Å². The fraction of sp³-hybridized carbons (Fsp3) is 0.536. The van der Waals surface area contributed by atoms with E-state index in [4.69, 9.17) is 14.2 Å². The van der Waals surface area contributed by atoms with Gasteiger partial charge in [-0.05, 0) is 67.6 Å². The molecule has 4 rings (SSSR count). The summed E-state index contributed by atoms with van der Waals surface area (Å²) in [6.07, 6.45) is 6.66. The predicted molar refractivity (Wildman–Crippen MR) is 136 cm³/mol. The molecule has 0 aliphatic carbocycles. The van der Waals surface area contributed by atoms with Gasteiger partial charge in [-0.15, -0.1) is 0 Å². The molecule has 6 heteroatoms. The zero-order valence-electron chi connectivity index (χ0n) is 21.2. The molecule has 2 aromatic carbocycles. The van der Waals surface area contributed by atoms with Crippen LogP contribution >= 0.6 is 0 Å². The van der Waals surface area contributed by atoms with Crippen LogP contribution in [-0.2, 0) is 4.79 Å². The number of rotatable bonds is 10. The van der Waals surface area contributed by atoms with Gasteiger partial charge in [0.15, 0.2) is 11.5 Å². The molecule has 1 amide bonds. The zero-order chi connectivity index (χ0) is 24.3. The Hall–Kier alpha value is -2.73. The highest BCUT2D eigenvalue weighted by Crippen LogP contribution is 2.42. The summed E-state index contributed by atoms with van der Waals surface area (Å²) in [6.45, 7) is 7.53. The van der Waals surface area contributed by atoms with Gasteiger partial charge in [0.05, 0.1) is 7.11 Å². The van der Waals surface area contributed by atoms with Crippen LogP contribution in [0, 0.1) is 0 Å². The van der Waals surface area contributed by atoms with E-state index in [1.54, 1.807) is 7.11 Å². The molecule has 0 saturated carbocycles. The third kappa shape index (κ3) is 6.89. The summed E-state index contributed by atoms with van der Waals surface area (Å²) in [6, 6.07) is 15.2. The Morgan fingerprint density at radius 3 is 2.26 bits per heavy atom. The van der Waals surface area contributed by atoms with Crippen LogP contribution in [0.3, 0.4) is 0 Å². The van der Waals surface area contributed by atoms with Gasteiger partial charge in [0.2, 0.25) is 13.2 Å². The smallest absolute Gasteiger partial charge is 0.231 e. The number of ether oxygens (including phenoxy) is 3. The number of unbranched alkanes of at least 4 members (excludes halogenated alkanes) is 2. The van der Waals surface area contributed by atoms with E-state index in [-0.39, 0.29) is 0 Å². The molecular weight excluding hydrogens is 428 g/mol. The number of benzene rings is 2. The largest absolute Gasteiger partial charge is 0.497 e. The SMILES string of the molecule is CCCCN(C=O)CCCC.COc1ccc([C@H]2C[C@@H](c3ccc4c(c3)OCO4)CN2C)cc1. The lowest BCUT2D eigenvalue weighted by Crippen LogP contribution is -2.24. The predicted octanol–water partition coefficient (Wildman–Crippen LogP) is 5.63. The molecule has 2 atom stereocenters. The van der Waals surface area contributed by atoms with Crippen LogP contribution in [0.5, 0.6) is 17.2 Å². The monoisotopic (exact) mass is 468 g/mol. The van der Waals surface area contributed by atoms with E-state index >= 15 is 0 Å². The summed E-state index contributed by atoms with van der Waals surface area (Å²) in [7, 11) is 3.90. The first-order valence-corrected chi connectivity index (χ1v) is 12.5. The van der Waals surface area contributed by atoms with Crippen LogP contribution in [0.4, 0.5) is 0 Å². The van der Waals surface area contributed by atoms with Gasteiger partial charge in [-0.25, -0.2) is 0 Å². The number of nitrogens with zero attached hydrogens (tertiary/aromatic N) is 2. The van der Waals surface area contributed by atoms with Crippen molar-refractivity contribution in [2.75, 3.05) is 40.6 Å². The number of hydrogen-bond donors (Lipinski definition) is 0. The molecule has 186 valence electrons. The second kappa shape index (κ2) is 13.2. The minimum atomic E-state index is 0.331. The topological polar surface area (TPSA) is 51.2 Å². The Labute approximate surface area is 204 Å². The van der Waals surface area contributed by atoms with E-state index < -0.39 is 0 Å². The molecule has 2 aliphatic rings. The molecule has 2 aromatic rings. The lowest BCUT2D eigenvalue weighted by atomic mass is 9.93. The van der Waals surface area contributed by atoms with E-state index in [1.807, 2.05) is 23.1 Å².